The number of rotatable bonds is 7. The summed E-state index contributed by atoms with van der Waals surface area (Å²) in [5, 5.41) is 3.69. The van der Waals surface area contributed by atoms with Gasteiger partial charge in [0.25, 0.3) is 15.9 Å². The molecule has 1 N–H and O–H groups in total. The molecule has 6 nitrogen and oxygen atoms in total. The quantitative estimate of drug-likeness (QED) is 0.303. The highest BCUT2D eigenvalue weighted by molar-refractivity contribution is 9.10. The van der Waals surface area contributed by atoms with E-state index >= 15 is 0 Å². The van der Waals surface area contributed by atoms with Crippen molar-refractivity contribution in [3.05, 3.63) is 82.1 Å². The highest BCUT2D eigenvalue weighted by Gasteiger charge is 2.24. The van der Waals surface area contributed by atoms with Crippen LogP contribution in [0.3, 0.4) is 0 Å². The van der Waals surface area contributed by atoms with Gasteiger partial charge in [0.1, 0.15) is 5.75 Å². The number of methoxy groups -OCH3 is 1. The fourth-order valence-corrected chi connectivity index (χ4v) is 6.23. The first-order valence-electron chi connectivity index (χ1n) is 10.1. The molecule has 0 saturated carbocycles. The topological polar surface area (TPSA) is 75.7 Å². The monoisotopic (exact) mass is 544 g/mol. The van der Waals surface area contributed by atoms with Crippen LogP contribution in [0.1, 0.15) is 16.6 Å². The zero-order chi connectivity index (χ0) is 23.6. The van der Waals surface area contributed by atoms with E-state index < -0.39 is 10.0 Å². The van der Waals surface area contributed by atoms with Crippen LogP contribution in [0.2, 0.25) is 0 Å². The summed E-state index contributed by atoms with van der Waals surface area (Å²) in [5.74, 6) is 0.374. The van der Waals surface area contributed by atoms with Gasteiger partial charge >= 0.3 is 0 Å². The molecule has 1 amide bonds. The molecule has 0 saturated heterocycles. The molecule has 0 bridgehead atoms. The Hall–Kier alpha value is -2.88. The van der Waals surface area contributed by atoms with E-state index in [-0.39, 0.29) is 17.3 Å². The maximum atomic E-state index is 13.3. The average Bonchev–Trinajstić information content (AvgIpc) is 3.23. The fraction of sp³-hybridized carbons (Fsp3) is 0.125. The van der Waals surface area contributed by atoms with Crippen LogP contribution in [0.15, 0.2) is 82.2 Å². The number of anilines is 2. The number of carbonyl (C=O) groups is 1. The van der Waals surface area contributed by atoms with Crippen LogP contribution < -0.4 is 14.4 Å². The highest BCUT2D eigenvalue weighted by atomic mass is 79.9. The summed E-state index contributed by atoms with van der Waals surface area (Å²) in [6, 6.07) is 20.9. The number of fused-ring (bicyclic) bond motifs is 1. The van der Waals surface area contributed by atoms with Gasteiger partial charge < -0.3 is 10.1 Å². The number of sulfonamides is 1. The predicted octanol–water partition coefficient (Wildman–Crippen LogP) is 6.14. The summed E-state index contributed by atoms with van der Waals surface area (Å²) < 4.78 is 34.8. The molecule has 33 heavy (non-hydrogen) atoms. The molecular weight excluding hydrogens is 524 g/mol. The molecule has 0 atom stereocenters. The van der Waals surface area contributed by atoms with Gasteiger partial charge in [-0.2, -0.15) is 0 Å². The van der Waals surface area contributed by atoms with E-state index in [1.54, 1.807) is 37.3 Å². The maximum Gasteiger partial charge on any atom is 0.265 e. The number of hydrogen-bond donors (Lipinski definition) is 1. The lowest BCUT2D eigenvalue weighted by Gasteiger charge is -2.23. The Bertz CT molecular complexity index is 1420. The second-order valence-corrected chi connectivity index (χ2v) is 11.0. The molecule has 170 valence electrons. The SMILES string of the molecule is CCN(c1ccc2sc(C(=O)Nc3cccc(Br)c3)cc2c1)S(=O)(=O)c1ccc(OC)cc1. The average molecular weight is 545 g/mol. The standard InChI is InChI=1S/C24H21BrN2O4S2/c1-3-27(33(29,30)21-10-8-20(31-2)9-11-21)19-7-12-22-16(13-19)14-23(32-22)24(28)26-18-6-4-5-17(25)15-18/h4-15H,3H2,1-2H3,(H,26,28). The lowest BCUT2D eigenvalue weighted by atomic mass is 10.2. The Morgan fingerprint density at radius 1 is 1.06 bits per heavy atom. The first-order valence-corrected chi connectivity index (χ1v) is 13.1. The van der Waals surface area contributed by atoms with Crippen LogP contribution in [0.25, 0.3) is 10.1 Å². The van der Waals surface area contributed by atoms with Gasteiger partial charge in [-0.05, 0) is 79.0 Å². The van der Waals surface area contributed by atoms with Crippen LogP contribution in [-0.2, 0) is 10.0 Å². The molecule has 0 aliphatic heterocycles. The van der Waals surface area contributed by atoms with Crippen molar-refractivity contribution in [1.82, 2.24) is 0 Å². The van der Waals surface area contributed by atoms with Crippen LogP contribution in [0.5, 0.6) is 5.75 Å². The van der Waals surface area contributed by atoms with Crippen molar-refractivity contribution in [2.24, 2.45) is 0 Å². The molecule has 0 aliphatic carbocycles. The predicted molar refractivity (Wildman–Crippen MR) is 137 cm³/mol. The zero-order valence-corrected chi connectivity index (χ0v) is 21.1. The molecule has 0 radical (unpaired) electrons. The van der Waals surface area contributed by atoms with Crippen molar-refractivity contribution in [1.29, 1.82) is 0 Å². The van der Waals surface area contributed by atoms with Crippen molar-refractivity contribution in [3.8, 4) is 5.75 Å². The summed E-state index contributed by atoms with van der Waals surface area (Å²) in [4.78, 5) is 13.5. The fourth-order valence-electron chi connectivity index (χ4n) is 3.42. The van der Waals surface area contributed by atoms with E-state index in [1.807, 2.05) is 30.3 Å². The van der Waals surface area contributed by atoms with Gasteiger partial charge in [0.05, 0.1) is 22.6 Å². The summed E-state index contributed by atoms with van der Waals surface area (Å²) in [6.45, 7) is 2.05. The summed E-state index contributed by atoms with van der Waals surface area (Å²) >= 11 is 4.76. The summed E-state index contributed by atoms with van der Waals surface area (Å²) in [7, 11) is -2.22. The van der Waals surface area contributed by atoms with Gasteiger partial charge in [-0.1, -0.05) is 22.0 Å². The second kappa shape index (κ2) is 9.54. The molecule has 9 heteroatoms. The van der Waals surface area contributed by atoms with E-state index in [0.29, 0.717) is 22.0 Å². The van der Waals surface area contributed by atoms with Gasteiger partial charge in [-0.25, -0.2) is 8.42 Å². The number of amides is 1. The van der Waals surface area contributed by atoms with Crippen LogP contribution in [-0.4, -0.2) is 28.0 Å². The van der Waals surface area contributed by atoms with Gasteiger partial charge in [-0.3, -0.25) is 9.10 Å². The number of benzene rings is 3. The third kappa shape index (κ3) is 4.90. The third-order valence-electron chi connectivity index (χ3n) is 5.03. The number of nitrogens with zero attached hydrogens (tertiary/aromatic N) is 1. The smallest absolute Gasteiger partial charge is 0.265 e. The van der Waals surface area contributed by atoms with Crippen molar-refractivity contribution < 1.29 is 17.9 Å². The molecule has 0 fully saturated rings. The van der Waals surface area contributed by atoms with E-state index in [9.17, 15) is 13.2 Å². The molecule has 4 rings (SSSR count). The third-order valence-corrected chi connectivity index (χ3v) is 8.55. The number of nitrogens with one attached hydrogen (secondary N) is 1. The Kier molecular flexibility index (Phi) is 6.73. The Morgan fingerprint density at radius 3 is 2.48 bits per heavy atom. The minimum Gasteiger partial charge on any atom is -0.497 e. The van der Waals surface area contributed by atoms with E-state index in [2.05, 4.69) is 21.2 Å². The molecular formula is C24H21BrN2O4S2. The highest BCUT2D eigenvalue weighted by Crippen LogP contribution is 2.32. The zero-order valence-electron chi connectivity index (χ0n) is 17.9. The number of ether oxygens (including phenoxy) is 1. The minimum atomic E-state index is -3.75. The number of thiophene rings is 1. The molecule has 3 aromatic carbocycles. The van der Waals surface area contributed by atoms with E-state index in [4.69, 9.17) is 4.74 Å². The lowest BCUT2D eigenvalue weighted by Crippen LogP contribution is -2.30. The molecule has 0 spiro atoms. The Labute approximate surface area is 205 Å². The van der Waals surface area contributed by atoms with Crippen molar-refractivity contribution in [2.45, 2.75) is 11.8 Å². The number of halogens is 1. The van der Waals surface area contributed by atoms with Crippen molar-refractivity contribution in [2.75, 3.05) is 23.3 Å². The second-order valence-electron chi connectivity index (χ2n) is 7.14. The van der Waals surface area contributed by atoms with Crippen molar-refractivity contribution >= 4 is 64.7 Å². The van der Waals surface area contributed by atoms with Gasteiger partial charge in [-0.15, -0.1) is 11.3 Å². The molecule has 1 heterocycles. The van der Waals surface area contributed by atoms with Crippen LogP contribution in [0.4, 0.5) is 11.4 Å². The van der Waals surface area contributed by atoms with Gasteiger partial charge in [0.15, 0.2) is 0 Å². The van der Waals surface area contributed by atoms with Crippen LogP contribution >= 0.6 is 27.3 Å². The number of hydrogen-bond acceptors (Lipinski definition) is 5. The first kappa shape index (κ1) is 23.3. The Balaban J connectivity index is 1.63. The molecule has 4 aromatic rings. The van der Waals surface area contributed by atoms with Gasteiger partial charge in [0, 0.05) is 21.4 Å². The lowest BCUT2D eigenvalue weighted by molar-refractivity contribution is 0.103. The minimum absolute atomic E-state index is 0.185. The summed E-state index contributed by atoms with van der Waals surface area (Å²) in [6.07, 6.45) is 0. The largest absolute Gasteiger partial charge is 0.497 e. The van der Waals surface area contributed by atoms with E-state index in [0.717, 1.165) is 14.6 Å². The van der Waals surface area contributed by atoms with E-state index in [1.165, 1.54) is 34.9 Å². The maximum absolute atomic E-state index is 13.3. The first-order chi connectivity index (χ1) is 15.8. The van der Waals surface area contributed by atoms with Gasteiger partial charge in [0.2, 0.25) is 0 Å². The number of carbonyl (C=O) groups excluding carboxylic acids is 1. The van der Waals surface area contributed by atoms with Crippen LogP contribution in [0, 0.1) is 0 Å². The molecule has 1 aromatic heterocycles. The Morgan fingerprint density at radius 2 is 1.82 bits per heavy atom. The molecule has 0 aliphatic rings. The summed E-state index contributed by atoms with van der Waals surface area (Å²) in [5.41, 5.74) is 1.23. The normalized spacial score (nSPS) is 11.4. The molecule has 0 unspecified atom stereocenters. The van der Waals surface area contributed by atoms with Crippen molar-refractivity contribution in [3.63, 3.8) is 0 Å².